The number of aliphatic hydroxyl groups is 2. The molecule has 19 heavy (non-hydrogen) atoms. The highest BCUT2D eigenvalue weighted by molar-refractivity contribution is 5.63. The lowest BCUT2D eigenvalue weighted by Gasteiger charge is -2.03. The van der Waals surface area contributed by atoms with Gasteiger partial charge in [-0.25, -0.2) is 0 Å². The van der Waals surface area contributed by atoms with Gasteiger partial charge in [0.15, 0.2) is 0 Å². The van der Waals surface area contributed by atoms with Crippen LogP contribution in [0.1, 0.15) is 34.1 Å². The van der Waals surface area contributed by atoms with Crippen molar-refractivity contribution < 1.29 is 39.9 Å². The van der Waals surface area contributed by atoms with Crippen LogP contribution in [-0.2, 0) is 14.4 Å². The minimum absolute atomic E-state index is 0.0972. The van der Waals surface area contributed by atoms with Crippen molar-refractivity contribution in [1.82, 2.24) is 0 Å². The van der Waals surface area contributed by atoms with E-state index in [2.05, 4.69) is 0 Å². The quantitative estimate of drug-likeness (QED) is 0.495. The SMILES string of the molecule is CC(=O)O.CC(=O)O.CC(=O)O.CCC(CO)CO. The number of carbonyl (C=O) groups is 3. The van der Waals surface area contributed by atoms with Crippen LogP contribution in [0.5, 0.6) is 0 Å². The third-order valence-electron chi connectivity index (χ3n) is 1.09. The Balaban J connectivity index is -0.0000000825. The molecule has 0 aromatic carbocycles. The van der Waals surface area contributed by atoms with Crippen molar-refractivity contribution in [3.63, 3.8) is 0 Å². The average Bonchev–Trinajstić information content (AvgIpc) is 2.17. The zero-order valence-corrected chi connectivity index (χ0v) is 11.7. The van der Waals surface area contributed by atoms with Crippen LogP contribution in [0.2, 0.25) is 0 Å². The molecule has 8 nitrogen and oxygen atoms in total. The van der Waals surface area contributed by atoms with Gasteiger partial charge in [-0.2, -0.15) is 0 Å². The lowest BCUT2D eigenvalue weighted by molar-refractivity contribution is -0.135. The van der Waals surface area contributed by atoms with Crippen molar-refractivity contribution in [1.29, 1.82) is 0 Å². The number of carboxylic acid groups (broad SMARTS) is 3. The summed E-state index contributed by atoms with van der Waals surface area (Å²) < 4.78 is 0. The number of carboxylic acids is 3. The first-order valence-corrected chi connectivity index (χ1v) is 5.35. The smallest absolute Gasteiger partial charge is 0.300 e. The summed E-state index contributed by atoms with van der Waals surface area (Å²) in [7, 11) is 0. The minimum atomic E-state index is -0.833. The predicted molar refractivity (Wildman–Crippen MR) is 67.9 cm³/mol. The molecule has 0 heterocycles. The summed E-state index contributed by atoms with van der Waals surface area (Å²) in [5.41, 5.74) is 0. The molecular formula is C11H24O8. The zero-order valence-electron chi connectivity index (χ0n) is 11.7. The molecule has 8 heteroatoms. The van der Waals surface area contributed by atoms with Crippen molar-refractivity contribution in [2.45, 2.75) is 34.1 Å². The van der Waals surface area contributed by atoms with Gasteiger partial charge in [-0.1, -0.05) is 6.92 Å². The second kappa shape index (κ2) is 21.6. The molecule has 116 valence electrons. The molecule has 0 unspecified atom stereocenters. The highest BCUT2D eigenvalue weighted by Crippen LogP contribution is 1.96. The fourth-order valence-corrected chi connectivity index (χ4v) is 0.316. The van der Waals surface area contributed by atoms with Gasteiger partial charge in [0.1, 0.15) is 0 Å². The van der Waals surface area contributed by atoms with E-state index in [0.29, 0.717) is 0 Å². The van der Waals surface area contributed by atoms with E-state index in [1.807, 2.05) is 6.92 Å². The molecule has 0 fully saturated rings. The summed E-state index contributed by atoms with van der Waals surface area (Å²) in [6.45, 7) is 5.40. The minimum Gasteiger partial charge on any atom is -0.481 e. The molecule has 0 atom stereocenters. The highest BCUT2D eigenvalue weighted by Gasteiger charge is 1.98. The molecule has 0 aromatic rings. The van der Waals surface area contributed by atoms with Gasteiger partial charge in [-0.3, -0.25) is 14.4 Å². The van der Waals surface area contributed by atoms with Crippen LogP contribution in [0.3, 0.4) is 0 Å². The van der Waals surface area contributed by atoms with E-state index in [1.165, 1.54) is 0 Å². The molecule has 0 aliphatic heterocycles. The molecule has 5 N–H and O–H groups in total. The van der Waals surface area contributed by atoms with E-state index in [1.54, 1.807) is 0 Å². The lowest BCUT2D eigenvalue weighted by atomic mass is 10.1. The van der Waals surface area contributed by atoms with Crippen LogP contribution in [0.15, 0.2) is 0 Å². The number of rotatable bonds is 3. The van der Waals surface area contributed by atoms with Crippen LogP contribution in [0.25, 0.3) is 0 Å². The van der Waals surface area contributed by atoms with Crippen molar-refractivity contribution in [3.05, 3.63) is 0 Å². The molecule has 0 spiro atoms. The Morgan fingerprint density at radius 3 is 0.947 bits per heavy atom. The third-order valence-corrected chi connectivity index (χ3v) is 1.09. The average molecular weight is 284 g/mol. The number of aliphatic hydroxyl groups excluding tert-OH is 2. The summed E-state index contributed by atoms with van der Waals surface area (Å²) in [5.74, 6) is -2.40. The van der Waals surface area contributed by atoms with E-state index in [9.17, 15) is 0 Å². The van der Waals surface area contributed by atoms with Crippen molar-refractivity contribution in [3.8, 4) is 0 Å². The van der Waals surface area contributed by atoms with Crippen LogP contribution in [0, 0.1) is 5.92 Å². The van der Waals surface area contributed by atoms with Gasteiger partial charge in [0.25, 0.3) is 17.9 Å². The molecule has 0 aliphatic carbocycles. The molecule has 0 amide bonds. The monoisotopic (exact) mass is 284 g/mol. The first-order chi connectivity index (χ1) is 8.54. The van der Waals surface area contributed by atoms with Gasteiger partial charge in [0.05, 0.1) is 0 Å². The molecule has 0 saturated carbocycles. The number of aliphatic carboxylic acids is 3. The maximum atomic E-state index is 9.00. The topological polar surface area (TPSA) is 152 Å². The Kier molecular flexibility index (Phi) is 29.6. The van der Waals surface area contributed by atoms with Gasteiger partial charge in [0, 0.05) is 39.9 Å². The molecule has 0 radical (unpaired) electrons. The van der Waals surface area contributed by atoms with Gasteiger partial charge in [-0.15, -0.1) is 0 Å². The molecule has 0 rings (SSSR count). The first kappa shape index (κ1) is 26.0. The molecule has 0 bridgehead atoms. The van der Waals surface area contributed by atoms with Crippen LogP contribution in [0.4, 0.5) is 0 Å². The Hall–Kier alpha value is -1.67. The van der Waals surface area contributed by atoms with Crippen LogP contribution < -0.4 is 0 Å². The van der Waals surface area contributed by atoms with E-state index in [-0.39, 0.29) is 19.1 Å². The second-order valence-electron chi connectivity index (χ2n) is 3.20. The Bertz CT molecular complexity index is 177. The number of hydrogen-bond acceptors (Lipinski definition) is 5. The Morgan fingerprint density at radius 2 is 0.947 bits per heavy atom. The van der Waals surface area contributed by atoms with E-state index < -0.39 is 17.9 Å². The molecule has 0 saturated heterocycles. The maximum Gasteiger partial charge on any atom is 0.300 e. The largest absolute Gasteiger partial charge is 0.481 e. The van der Waals surface area contributed by atoms with E-state index >= 15 is 0 Å². The van der Waals surface area contributed by atoms with E-state index in [4.69, 9.17) is 39.9 Å². The van der Waals surface area contributed by atoms with Gasteiger partial charge < -0.3 is 25.5 Å². The fraction of sp³-hybridized carbons (Fsp3) is 0.727. The standard InChI is InChI=1S/C5H12O2.3C2H4O2/c1-2-5(3-6)4-7;3*1-2(3)4/h5-7H,2-4H2,1H3;3*1H3,(H,3,4). The van der Waals surface area contributed by atoms with Gasteiger partial charge in [-0.05, 0) is 6.42 Å². The second-order valence-corrected chi connectivity index (χ2v) is 3.20. The first-order valence-electron chi connectivity index (χ1n) is 5.35. The predicted octanol–water partition coefficient (Wildman–Crippen LogP) is 0.270. The molecule has 0 aromatic heterocycles. The summed E-state index contributed by atoms with van der Waals surface area (Å²) in [4.78, 5) is 27.0. The maximum absolute atomic E-state index is 9.00. The lowest BCUT2D eigenvalue weighted by Crippen LogP contribution is -2.08. The van der Waals surface area contributed by atoms with Crippen LogP contribution in [-0.4, -0.2) is 56.7 Å². The normalized spacial score (nSPS) is 7.74. The van der Waals surface area contributed by atoms with Gasteiger partial charge in [0.2, 0.25) is 0 Å². The Morgan fingerprint density at radius 1 is 0.789 bits per heavy atom. The fourth-order valence-electron chi connectivity index (χ4n) is 0.316. The van der Waals surface area contributed by atoms with Gasteiger partial charge >= 0.3 is 0 Å². The molecular weight excluding hydrogens is 260 g/mol. The summed E-state index contributed by atoms with van der Waals surface area (Å²) in [5, 5.41) is 39.0. The summed E-state index contributed by atoms with van der Waals surface area (Å²) >= 11 is 0. The summed E-state index contributed by atoms with van der Waals surface area (Å²) in [6.07, 6.45) is 0.854. The zero-order chi connectivity index (χ0) is 16.4. The molecule has 0 aliphatic rings. The highest BCUT2D eigenvalue weighted by atomic mass is 16.4. The third kappa shape index (κ3) is 179. The van der Waals surface area contributed by atoms with Crippen molar-refractivity contribution in [2.75, 3.05) is 13.2 Å². The summed E-state index contributed by atoms with van der Waals surface area (Å²) in [6, 6.07) is 0. The van der Waals surface area contributed by atoms with E-state index in [0.717, 1.165) is 27.2 Å². The number of hydrogen-bond donors (Lipinski definition) is 5. The van der Waals surface area contributed by atoms with Crippen molar-refractivity contribution >= 4 is 17.9 Å². The van der Waals surface area contributed by atoms with Crippen LogP contribution >= 0.6 is 0 Å². The van der Waals surface area contributed by atoms with Crippen molar-refractivity contribution in [2.24, 2.45) is 5.92 Å². The Labute approximate surface area is 112 Å².